The van der Waals surface area contributed by atoms with Crippen molar-refractivity contribution in [1.29, 1.82) is 0 Å². The molecule has 0 fully saturated rings. The van der Waals surface area contributed by atoms with Gasteiger partial charge >= 0.3 is 5.97 Å². The molecule has 0 saturated carbocycles. The Labute approximate surface area is 136 Å². The maximum atomic E-state index is 12.3. The van der Waals surface area contributed by atoms with Crippen molar-refractivity contribution >= 4 is 11.9 Å². The highest BCUT2D eigenvalue weighted by molar-refractivity contribution is 5.97. The Balaban J connectivity index is 2.68. The number of methoxy groups -OCH3 is 1. The lowest BCUT2D eigenvalue weighted by molar-refractivity contribution is -0.142. The van der Waals surface area contributed by atoms with Gasteiger partial charge in [0.05, 0.1) is 18.1 Å². The number of carboxylic acid groups (broad SMARTS) is 1. The van der Waals surface area contributed by atoms with Gasteiger partial charge in [0.2, 0.25) is 0 Å². The van der Waals surface area contributed by atoms with Crippen molar-refractivity contribution in [3.8, 4) is 5.75 Å². The van der Waals surface area contributed by atoms with E-state index in [0.717, 1.165) is 0 Å². The maximum Gasteiger partial charge on any atom is 0.308 e. The molecule has 0 spiro atoms. The molecule has 1 unspecified atom stereocenters. The number of hydrogen-bond acceptors (Lipinski definition) is 4. The van der Waals surface area contributed by atoms with Crippen LogP contribution in [0.3, 0.4) is 0 Å². The summed E-state index contributed by atoms with van der Waals surface area (Å²) in [4.78, 5) is 23.5. The number of nitrogens with one attached hydrogen (secondary N) is 1. The number of hydrogen-bond donors (Lipinski definition) is 2. The van der Waals surface area contributed by atoms with Crippen LogP contribution in [0.5, 0.6) is 5.75 Å². The Hall–Kier alpha value is -2.08. The second-order valence-electron chi connectivity index (χ2n) is 5.71. The van der Waals surface area contributed by atoms with E-state index < -0.39 is 11.9 Å². The first-order chi connectivity index (χ1) is 11.0. The second-order valence-corrected chi connectivity index (χ2v) is 5.71. The van der Waals surface area contributed by atoms with Crippen molar-refractivity contribution in [2.24, 2.45) is 11.8 Å². The minimum atomic E-state index is -0.899. The summed E-state index contributed by atoms with van der Waals surface area (Å²) >= 11 is 0. The van der Waals surface area contributed by atoms with Crippen LogP contribution in [0.4, 0.5) is 0 Å². The Morgan fingerprint density at radius 2 is 1.91 bits per heavy atom. The molecule has 6 nitrogen and oxygen atoms in total. The lowest BCUT2D eigenvalue weighted by Crippen LogP contribution is -2.33. The fourth-order valence-corrected chi connectivity index (χ4v) is 2.17. The summed E-state index contributed by atoms with van der Waals surface area (Å²) in [5.74, 6) is -1.13. The number of carboxylic acids is 1. The third-order valence-corrected chi connectivity index (χ3v) is 3.29. The van der Waals surface area contributed by atoms with Crippen LogP contribution in [0.2, 0.25) is 0 Å². The highest BCUT2D eigenvalue weighted by Gasteiger charge is 2.21. The van der Waals surface area contributed by atoms with Crippen molar-refractivity contribution in [1.82, 2.24) is 5.32 Å². The second kappa shape index (κ2) is 9.84. The average Bonchev–Trinajstić information content (AvgIpc) is 2.51. The molecule has 1 rings (SSSR count). The Morgan fingerprint density at radius 1 is 1.22 bits per heavy atom. The van der Waals surface area contributed by atoms with Crippen LogP contribution in [0.15, 0.2) is 24.3 Å². The molecule has 0 aliphatic heterocycles. The van der Waals surface area contributed by atoms with Crippen LogP contribution >= 0.6 is 0 Å². The van der Waals surface area contributed by atoms with Crippen molar-refractivity contribution in [2.75, 3.05) is 26.9 Å². The molecule has 1 aromatic rings. The SMILES string of the molecule is COCCOc1ccccc1C(=O)NCC(CC(C)C)C(=O)O. The van der Waals surface area contributed by atoms with Crippen LogP contribution in [0.1, 0.15) is 30.6 Å². The fraction of sp³-hybridized carbons (Fsp3) is 0.529. The number of carbonyl (C=O) groups is 2. The third-order valence-electron chi connectivity index (χ3n) is 3.29. The molecule has 0 aliphatic rings. The zero-order chi connectivity index (χ0) is 17.2. The summed E-state index contributed by atoms with van der Waals surface area (Å²) < 4.78 is 10.4. The van der Waals surface area contributed by atoms with Gasteiger partial charge in [0.25, 0.3) is 5.91 Å². The predicted molar refractivity (Wildman–Crippen MR) is 86.7 cm³/mol. The van der Waals surface area contributed by atoms with Crippen molar-refractivity contribution in [3.05, 3.63) is 29.8 Å². The molecule has 0 heterocycles. The third kappa shape index (κ3) is 6.69. The van der Waals surface area contributed by atoms with E-state index in [1.165, 1.54) is 0 Å². The van der Waals surface area contributed by atoms with Gasteiger partial charge in [0.1, 0.15) is 12.4 Å². The summed E-state index contributed by atoms with van der Waals surface area (Å²) in [6, 6.07) is 6.86. The van der Waals surface area contributed by atoms with E-state index in [-0.39, 0.29) is 18.4 Å². The summed E-state index contributed by atoms with van der Waals surface area (Å²) in [6.45, 7) is 4.77. The molecule has 0 aromatic heterocycles. The standard InChI is InChI=1S/C17H25NO5/c1-12(2)10-13(17(20)21)11-18-16(19)14-6-4-5-7-15(14)23-9-8-22-3/h4-7,12-13H,8-11H2,1-3H3,(H,18,19)(H,20,21). The molecular formula is C17H25NO5. The normalized spacial score (nSPS) is 12.0. The number of amides is 1. The molecule has 0 saturated heterocycles. The van der Waals surface area contributed by atoms with E-state index in [0.29, 0.717) is 30.9 Å². The molecule has 1 atom stereocenters. The first kappa shape index (κ1) is 19.0. The largest absolute Gasteiger partial charge is 0.490 e. The van der Waals surface area contributed by atoms with E-state index in [1.54, 1.807) is 31.4 Å². The van der Waals surface area contributed by atoms with E-state index in [9.17, 15) is 14.7 Å². The molecule has 0 aliphatic carbocycles. The molecule has 2 N–H and O–H groups in total. The summed E-state index contributed by atoms with van der Waals surface area (Å²) in [6.07, 6.45) is 0.515. The summed E-state index contributed by atoms with van der Waals surface area (Å²) in [5, 5.41) is 11.9. The van der Waals surface area contributed by atoms with E-state index >= 15 is 0 Å². The topological polar surface area (TPSA) is 84.9 Å². The molecule has 1 amide bonds. The van der Waals surface area contributed by atoms with E-state index in [4.69, 9.17) is 9.47 Å². The van der Waals surface area contributed by atoms with Gasteiger partial charge in [-0.1, -0.05) is 26.0 Å². The molecule has 0 bridgehead atoms. The van der Waals surface area contributed by atoms with Crippen molar-refractivity contribution in [3.63, 3.8) is 0 Å². The van der Waals surface area contributed by atoms with E-state index in [1.807, 2.05) is 13.8 Å². The van der Waals surface area contributed by atoms with Crippen LogP contribution in [0.25, 0.3) is 0 Å². The first-order valence-electron chi connectivity index (χ1n) is 7.67. The van der Waals surface area contributed by atoms with Crippen molar-refractivity contribution < 1.29 is 24.2 Å². The summed E-state index contributed by atoms with van der Waals surface area (Å²) in [7, 11) is 1.57. The number of carbonyl (C=O) groups excluding carboxylic acids is 1. The highest BCUT2D eigenvalue weighted by Crippen LogP contribution is 2.18. The van der Waals surface area contributed by atoms with Gasteiger partial charge in [-0.15, -0.1) is 0 Å². The zero-order valence-electron chi connectivity index (χ0n) is 13.9. The highest BCUT2D eigenvalue weighted by atomic mass is 16.5. The molecule has 0 radical (unpaired) electrons. The number of benzene rings is 1. The fourth-order valence-electron chi connectivity index (χ4n) is 2.17. The minimum absolute atomic E-state index is 0.0960. The van der Waals surface area contributed by atoms with Crippen LogP contribution in [-0.4, -0.2) is 43.9 Å². The lowest BCUT2D eigenvalue weighted by atomic mass is 9.97. The Kier molecular flexibility index (Phi) is 8.11. The predicted octanol–water partition coefficient (Wildman–Crippen LogP) is 2.19. The number of rotatable bonds is 10. The van der Waals surface area contributed by atoms with Gasteiger partial charge in [0, 0.05) is 13.7 Å². The minimum Gasteiger partial charge on any atom is -0.490 e. The van der Waals surface area contributed by atoms with Gasteiger partial charge in [-0.3, -0.25) is 9.59 Å². The van der Waals surface area contributed by atoms with Gasteiger partial charge in [-0.05, 0) is 24.5 Å². The van der Waals surface area contributed by atoms with Gasteiger partial charge < -0.3 is 19.9 Å². The summed E-state index contributed by atoms with van der Waals surface area (Å²) in [5.41, 5.74) is 0.386. The molecular weight excluding hydrogens is 298 g/mol. The van der Waals surface area contributed by atoms with Crippen LogP contribution in [0, 0.1) is 11.8 Å². The van der Waals surface area contributed by atoms with Crippen molar-refractivity contribution in [2.45, 2.75) is 20.3 Å². The number of ether oxygens (including phenoxy) is 2. The van der Waals surface area contributed by atoms with E-state index in [2.05, 4.69) is 5.32 Å². The zero-order valence-corrected chi connectivity index (χ0v) is 13.9. The smallest absolute Gasteiger partial charge is 0.308 e. The van der Waals surface area contributed by atoms with Crippen LogP contribution in [-0.2, 0) is 9.53 Å². The first-order valence-corrected chi connectivity index (χ1v) is 7.67. The Morgan fingerprint density at radius 3 is 2.52 bits per heavy atom. The number of para-hydroxylation sites is 1. The number of aliphatic carboxylic acids is 1. The molecule has 1 aromatic carbocycles. The Bertz CT molecular complexity index is 515. The quantitative estimate of drug-likeness (QED) is 0.645. The van der Waals surface area contributed by atoms with Crippen LogP contribution < -0.4 is 10.1 Å². The molecule has 23 heavy (non-hydrogen) atoms. The van der Waals surface area contributed by atoms with Gasteiger partial charge in [0.15, 0.2) is 0 Å². The molecule has 128 valence electrons. The monoisotopic (exact) mass is 323 g/mol. The lowest BCUT2D eigenvalue weighted by Gasteiger charge is -2.16. The van der Waals surface area contributed by atoms with Gasteiger partial charge in [-0.2, -0.15) is 0 Å². The molecule has 6 heteroatoms. The van der Waals surface area contributed by atoms with Gasteiger partial charge in [-0.25, -0.2) is 0 Å². The maximum absolute atomic E-state index is 12.3. The average molecular weight is 323 g/mol.